The number of ether oxygens (including phenoxy) is 1. The SMILES string of the molecule is COc1ccc2[nH]c(=O)c(CN(C)C(=O)c3ccc(Cl)cc3)cc2c1. The predicted molar refractivity (Wildman–Crippen MR) is 98.4 cm³/mol. The molecule has 0 atom stereocenters. The lowest BCUT2D eigenvalue weighted by Crippen LogP contribution is -2.29. The van der Waals surface area contributed by atoms with Crippen molar-refractivity contribution in [3.63, 3.8) is 0 Å². The van der Waals surface area contributed by atoms with Crippen molar-refractivity contribution in [1.82, 2.24) is 9.88 Å². The summed E-state index contributed by atoms with van der Waals surface area (Å²) in [5.41, 5.74) is 1.53. The van der Waals surface area contributed by atoms with Crippen molar-refractivity contribution in [1.29, 1.82) is 0 Å². The maximum atomic E-state index is 12.5. The van der Waals surface area contributed by atoms with Crippen LogP contribution in [0.25, 0.3) is 10.9 Å². The van der Waals surface area contributed by atoms with Crippen LogP contribution in [0, 0.1) is 0 Å². The number of amides is 1. The molecule has 0 spiro atoms. The lowest BCUT2D eigenvalue weighted by molar-refractivity contribution is 0.0784. The number of carbonyl (C=O) groups excluding carboxylic acids is 1. The van der Waals surface area contributed by atoms with Gasteiger partial charge in [-0.3, -0.25) is 9.59 Å². The van der Waals surface area contributed by atoms with Crippen LogP contribution in [0.4, 0.5) is 0 Å². The Morgan fingerprint density at radius 3 is 2.56 bits per heavy atom. The summed E-state index contributed by atoms with van der Waals surface area (Å²) in [6, 6.07) is 13.9. The Balaban J connectivity index is 1.88. The van der Waals surface area contributed by atoms with Crippen LogP contribution in [0.2, 0.25) is 5.02 Å². The molecule has 5 nitrogen and oxygen atoms in total. The number of nitrogens with one attached hydrogen (secondary N) is 1. The fourth-order valence-electron chi connectivity index (χ4n) is 2.61. The number of aromatic nitrogens is 1. The Morgan fingerprint density at radius 1 is 1.16 bits per heavy atom. The Hall–Kier alpha value is -2.79. The van der Waals surface area contributed by atoms with Crippen LogP contribution in [0.5, 0.6) is 5.75 Å². The molecule has 3 rings (SSSR count). The summed E-state index contributed by atoms with van der Waals surface area (Å²) < 4.78 is 5.21. The number of carbonyl (C=O) groups is 1. The van der Waals surface area contributed by atoms with E-state index in [1.54, 1.807) is 56.6 Å². The van der Waals surface area contributed by atoms with E-state index in [2.05, 4.69) is 4.98 Å². The Bertz CT molecular complexity index is 980. The summed E-state index contributed by atoms with van der Waals surface area (Å²) in [6.45, 7) is 0.198. The number of rotatable bonds is 4. The molecule has 1 amide bonds. The van der Waals surface area contributed by atoms with E-state index < -0.39 is 0 Å². The smallest absolute Gasteiger partial charge is 0.253 e. The van der Waals surface area contributed by atoms with Gasteiger partial charge < -0.3 is 14.6 Å². The van der Waals surface area contributed by atoms with Gasteiger partial charge in [0, 0.05) is 34.1 Å². The number of hydrogen-bond donors (Lipinski definition) is 1. The van der Waals surface area contributed by atoms with Crippen LogP contribution in [-0.4, -0.2) is 29.9 Å². The van der Waals surface area contributed by atoms with Crippen LogP contribution in [-0.2, 0) is 6.54 Å². The molecular formula is C19H17ClN2O3. The third kappa shape index (κ3) is 3.67. The Morgan fingerprint density at radius 2 is 1.88 bits per heavy atom. The zero-order valence-electron chi connectivity index (χ0n) is 13.9. The third-order valence-electron chi connectivity index (χ3n) is 3.97. The van der Waals surface area contributed by atoms with E-state index in [0.29, 0.717) is 21.9 Å². The van der Waals surface area contributed by atoms with Gasteiger partial charge in [0.1, 0.15) is 5.75 Å². The van der Waals surface area contributed by atoms with E-state index in [4.69, 9.17) is 16.3 Å². The van der Waals surface area contributed by atoms with Crippen LogP contribution >= 0.6 is 11.6 Å². The molecule has 0 saturated heterocycles. The number of H-pyrrole nitrogens is 1. The van der Waals surface area contributed by atoms with E-state index in [9.17, 15) is 9.59 Å². The molecule has 1 N–H and O–H groups in total. The number of aromatic amines is 1. The Kier molecular flexibility index (Phi) is 4.76. The number of benzene rings is 2. The molecular weight excluding hydrogens is 340 g/mol. The molecule has 1 heterocycles. The first-order chi connectivity index (χ1) is 12.0. The summed E-state index contributed by atoms with van der Waals surface area (Å²) in [7, 11) is 3.25. The predicted octanol–water partition coefficient (Wildman–Crippen LogP) is 3.46. The first-order valence-corrected chi connectivity index (χ1v) is 8.06. The molecule has 0 aliphatic heterocycles. The molecule has 0 unspecified atom stereocenters. The van der Waals surface area contributed by atoms with Crippen LogP contribution < -0.4 is 10.3 Å². The van der Waals surface area contributed by atoms with Crippen molar-refractivity contribution in [2.45, 2.75) is 6.54 Å². The van der Waals surface area contributed by atoms with Crippen LogP contribution in [0.1, 0.15) is 15.9 Å². The highest BCUT2D eigenvalue weighted by atomic mass is 35.5. The minimum atomic E-state index is -0.214. The fraction of sp³-hybridized carbons (Fsp3) is 0.158. The summed E-state index contributed by atoms with van der Waals surface area (Å²) in [5, 5.41) is 1.42. The number of hydrogen-bond acceptors (Lipinski definition) is 3. The van der Waals surface area contributed by atoms with Crippen molar-refractivity contribution >= 4 is 28.4 Å². The quantitative estimate of drug-likeness (QED) is 0.778. The molecule has 25 heavy (non-hydrogen) atoms. The largest absolute Gasteiger partial charge is 0.497 e. The zero-order valence-corrected chi connectivity index (χ0v) is 14.6. The first-order valence-electron chi connectivity index (χ1n) is 7.69. The van der Waals surface area contributed by atoms with Gasteiger partial charge in [-0.05, 0) is 48.5 Å². The molecule has 0 saturated carbocycles. The standard InChI is InChI=1S/C19H17ClN2O3/c1-22(19(24)12-3-5-15(20)6-4-12)11-14-9-13-10-16(25-2)7-8-17(13)21-18(14)23/h3-10H,11H2,1-2H3,(H,21,23). The molecule has 0 aliphatic carbocycles. The second-order valence-electron chi connectivity index (χ2n) is 5.74. The summed E-state index contributed by atoms with van der Waals surface area (Å²) >= 11 is 5.85. The zero-order chi connectivity index (χ0) is 18.0. The summed E-state index contributed by atoms with van der Waals surface area (Å²) in [6.07, 6.45) is 0. The van der Waals surface area contributed by atoms with Gasteiger partial charge >= 0.3 is 0 Å². The highest BCUT2D eigenvalue weighted by Gasteiger charge is 2.14. The van der Waals surface area contributed by atoms with Gasteiger partial charge in [-0.25, -0.2) is 0 Å². The molecule has 128 valence electrons. The van der Waals surface area contributed by atoms with Crippen molar-refractivity contribution in [3.8, 4) is 5.75 Å². The average Bonchev–Trinajstić information content (AvgIpc) is 2.62. The normalized spacial score (nSPS) is 10.7. The van der Waals surface area contributed by atoms with Gasteiger partial charge in [-0.2, -0.15) is 0 Å². The van der Waals surface area contributed by atoms with Gasteiger partial charge in [0.2, 0.25) is 0 Å². The van der Waals surface area contributed by atoms with E-state index in [1.807, 2.05) is 6.07 Å². The number of nitrogens with zero attached hydrogens (tertiary/aromatic N) is 1. The van der Waals surface area contributed by atoms with Gasteiger partial charge in [0.15, 0.2) is 0 Å². The highest BCUT2D eigenvalue weighted by Crippen LogP contribution is 2.19. The van der Waals surface area contributed by atoms with Crippen molar-refractivity contribution in [2.24, 2.45) is 0 Å². The molecule has 0 radical (unpaired) electrons. The monoisotopic (exact) mass is 356 g/mol. The van der Waals surface area contributed by atoms with Gasteiger partial charge in [0.05, 0.1) is 13.7 Å². The Labute approximate surface area is 149 Å². The maximum absolute atomic E-state index is 12.5. The summed E-state index contributed by atoms with van der Waals surface area (Å²) in [5.74, 6) is 0.526. The first kappa shape index (κ1) is 17.0. The average molecular weight is 357 g/mol. The molecule has 6 heteroatoms. The van der Waals surface area contributed by atoms with Crippen molar-refractivity contribution in [2.75, 3.05) is 14.2 Å². The minimum Gasteiger partial charge on any atom is -0.497 e. The lowest BCUT2D eigenvalue weighted by Gasteiger charge is -2.17. The molecule has 0 fully saturated rings. The molecule has 2 aromatic carbocycles. The maximum Gasteiger partial charge on any atom is 0.253 e. The number of halogens is 1. The van der Waals surface area contributed by atoms with E-state index in [0.717, 1.165) is 10.9 Å². The van der Waals surface area contributed by atoms with E-state index >= 15 is 0 Å². The highest BCUT2D eigenvalue weighted by molar-refractivity contribution is 6.30. The molecule has 0 aliphatic rings. The molecule has 3 aromatic rings. The summed E-state index contributed by atoms with van der Waals surface area (Å²) in [4.78, 5) is 29.1. The number of methoxy groups -OCH3 is 1. The van der Waals surface area contributed by atoms with Gasteiger partial charge in [-0.15, -0.1) is 0 Å². The van der Waals surface area contributed by atoms with Gasteiger partial charge in [-0.1, -0.05) is 11.6 Å². The minimum absolute atomic E-state index is 0.179. The second kappa shape index (κ2) is 6.99. The van der Waals surface area contributed by atoms with Gasteiger partial charge in [0.25, 0.3) is 11.5 Å². The van der Waals surface area contributed by atoms with Crippen molar-refractivity contribution < 1.29 is 9.53 Å². The number of pyridine rings is 1. The van der Waals surface area contributed by atoms with Crippen LogP contribution in [0.3, 0.4) is 0 Å². The molecule has 1 aromatic heterocycles. The van der Waals surface area contributed by atoms with E-state index in [-0.39, 0.29) is 18.0 Å². The molecule has 0 bridgehead atoms. The second-order valence-corrected chi connectivity index (χ2v) is 6.18. The fourth-order valence-corrected chi connectivity index (χ4v) is 2.74. The number of fused-ring (bicyclic) bond motifs is 1. The van der Waals surface area contributed by atoms with E-state index in [1.165, 1.54) is 4.90 Å². The third-order valence-corrected chi connectivity index (χ3v) is 4.23. The topological polar surface area (TPSA) is 62.4 Å². The lowest BCUT2D eigenvalue weighted by atomic mass is 10.1. The van der Waals surface area contributed by atoms with Crippen molar-refractivity contribution in [3.05, 3.63) is 75.0 Å². The van der Waals surface area contributed by atoms with Crippen LogP contribution in [0.15, 0.2) is 53.3 Å².